The van der Waals surface area contributed by atoms with Gasteiger partial charge in [-0.1, -0.05) is 27.7 Å². The Hall–Kier alpha value is -0.570. The lowest BCUT2D eigenvalue weighted by atomic mass is 9.64. The van der Waals surface area contributed by atoms with E-state index in [1.54, 1.807) is 0 Å². The fourth-order valence-corrected chi connectivity index (χ4v) is 4.28. The van der Waals surface area contributed by atoms with Crippen molar-refractivity contribution < 1.29 is 15.0 Å². The molecule has 92 valence electrons. The van der Waals surface area contributed by atoms with Crippen LogP contribution in [0, 0.1) is 22.2 Å². The normalized spacial score (nSPS) is 49.6. The zero-order valence-electron chi connectivity index (χ0n) is 10.6. The van der Waals surface area contributed by atoms with Gasteiger partial charge in [-0.25, -0.2) is 0 Å². The van der Waals surface area contributed by atoms with Gasteiger partial charge in [-0.2, -0.15) is 0 Å². The first-order chi connectivity index (χ1) is 7.17. The molecule has 3 nitrogen and oxygen atoms in total. The molecule has 2 N–H and O–H groups in total. The van der Waals surface area contributed by atoms with Crippen LogP contribution in [-0.4, -0.2) is 22.3 Å². The molecule has 4 atom stereocenters. The van der Waals surface area contributed by atoms with Crippen LogP contribution < -0.4 is 0 Å². The van der Waals surface area contributed by atoms with Crippen LogP contribution in [-0.2, 0) is 4.79 Å². The van der Waals surface area contributed by atoms with Gasteiger partial charge in [-0.05, 0) is 29.1 Å². The number of aliphatic carboxylic acids is 1. The molecule has 2 rings (SSSR count). The molecule has 2 bridgehead atoms. The number of aliphatic hydroxyl groups is 1. The van der Waals surface area contributed by atoms with Crippen LogP contribution in [0.1, 0.15) is 47.0 Å². The van der Waals surface area contributed by atoms with Crippen LogP contribution in [0.25, 0.3) is 0 Å². The van der Waals surface area contributed by atoms with Gasteiger partial charge in [0.2, 0.25) is 0 Å². The summed E-state index contributed by atoms with van der Waals surface area (Å²) in [4.78, 5) is 10.9. The van der Waals surface area contributed by atoms with Gasteiger partial charge < -0.3 is 10.2 Å². The Morgan fingerprint density at radius 2 is 1.69 bits per heavy atom. The van der Waals surface area contributed by atoms with E-state index in [1.807, 2.05) is 0 Å². The van der Waals surface area contributed by atoms with Gasteiger partial charge in [0.05, 0.1) is 12.5 Å². The minimum Gasteiger partial charge on any atom is -0.481 e. The minimum absolute atomic E-state index is 0.0134. The molecule has 0 heterocycles. The lowest BCUT2D eigenvalue weighted by Gasteiger charge is -2.40. The van der Waals surface area contributed by atoms with Crippen molar-refractivity contribution in [1.29, 1.82) is 0 Å². The number of fused-ring (bicyclic) bond motifs is 2. The van der Waals surface area contributed by atoms with Gasteiger partial charge in [0, 0.05) is 5.92 Å². The van der Waals surface area contributed by atoms with E-state index in [0.717, 1.165) is 12.8 Å². The second-order valence-corrected chi connectivity index (χ2v) is 6.61. The molecule has 3 heteroatoms. The maximum absolute atomic E-state index is 10.9. The van der Waals surface area contributed by atoms with Gasteiger partial charge in [0.25, 0.3) is 0 Å². The number of rotatable bonds is 2. The zero-order valence-corrected chi connectivity index (χ0v) is 10.6. The summed E-state index contributed by atoms with van der Waals surface area (Å²) in [6.07, 6.45) is 1.66. The van der Waals surface area contributed by atoms with E-state index in [1.165, 1.54) is 0 Å². The van der Waals surface area contributed by atoms with E-state index in [2.05, 4.69) is 27.7 Å². The van der Waals surface area contributed by atoms with Gasteiger partial charge in [0.1, 0.15) is 0 Å². The smallest absolute Gasteiger partial charge is 0.303 e. The van der Waals surface area contributed by atoms with Crippen LogP contribution in [0.2, 0.25) is 0 Å². The van der Waals surface area contributed by atoms with E-state index in [-0.39, 0.29) is 28.6 Å². The van der Waals surface area contributed by atoms with E-state index >= 15 is 0 Å². The molecule has 4 unspecified atom stereocenters. The maximum atomic E-state index is 10.9. The largest absolute Gasteiger partial charge is 0.481 e. The standard InChI is InChI=1S/C13H22O3/c1-11(2)12(3)5-6-13(11,4)10(16)8(12)7-9(14)15/h8,10,16H,5-7H2,1-4H3,(H,14,15). The summed E-state index contributed by atoms with van der Waals surface area (Å²) >= 11 is 0. The van der Waals surface area contributed by atoms with Crippen LogP contribution in [0.3, 0.4) is 0 Å². The second-order valence-electron chi connectivity index (χ2n) is 6.61. The van der Waals surface area contributed by atoms with Crippen molar-refractivity contribution in [2.75, 3.05) is 0 Å². The van der Waals surface area contributed by atoms with Gasteiger partial charge in [-0.3, -0.25) is 4.79 Å². The lowest BCUT2D eigenvalue weighted by molar-refractivity contribution is -0.141. The van der Waals surface area contributed by atoms with Gasteiger partial charge in [0.15, 0.2) is 0 Å². The van der Waals surface area contributed by atoms with Crippen LogP contribution >= 0.6 is 0 Å². The predicted molar refractivity (Wildman–Crippen MR) is 61.0 cm³/mol. The summed E-state index contributed by atoms with van der Waals surface area (Å²) in [6.45, 7) is 8.64. The van der Waals surface area contributed by atoms with Crippen molar-refractivity contribution in [1.82, 2.24) is 0 Å². The zero-order chi connectivity index (χ0) is 12.4. The van der Waals surface area contributed by atoms with Crippen molar-refractivity contribution >= 4 is 5.97 Å². The molecule has 0 aromatic carbocycles. The molecule has 2 fully saturated rings. The van der Waals surface area contributed by atoms with Crippen LogP contribution in [0.4, 0.5) is 0 Å². The Morgan fingerprint density at radius 1 is 1.19 bits per heavy atom. The average molecular weight is 226 g/mol. The molecule has 0 aliphatic heterocycles. The third kappa shape index (κ3) is 1.05. The monoisotopic (exact) mass is 226 g/mol. The second kappa shape index (κ2) is 3.00. The van der Waals surface area contributed by atoms with Crippen LogP contribution in [0.15, 0.2) is 0 Å². The summed E-state index contributed by atoms with van der Waals surface area (Å²) < 4.78 is 0. The molecule has 0 aromatic rings. The van der Waals surface area contributed by atoms with Gasteiger partial charge >= 0.3 is 5.97 Å². The maximum Gasteiger partial charge on any atom is 0.303 e. The first-order valence-corrected chi connectivity index (χ1v) is 6.07. The van der Waals surface area contributed by atoms with Gasteiger partial charge in [-0.15, -0.1) is 0 Å². The molecular weight excluding hydrogens is 204 g/mol. The number of aliphatic hydroxyl groups excluding tert-OH is 1. The lowest BCUT2D eigenvalue weighted by Crippen LogP contribution is -2.38. The van der Waals surface area contributed by atoms with E-state index in [0.29, 0.717) is 0 Å². The molecular formula is C13H22O3. The molecule has 2 aliphatic rings. The fraction of sp³-hybridized carbons (Fsp3) is 0.923. The number of carboxylic acids is 1. The summed E-state index contributed by atoms with van der Waals surface area (Å²) in [7, 11) is 0. The summed E-state index contributed by atoms with van der Waals surface area (Å²) in [5, 5.41) is 19.4. The highest BCUT2D eigenvalue weighted by Crippen LogP contribution is 2.74. The number of carbonyl (C=O) groups is 1. The van der Waals surface area contributed by atoms with E-state index in [4.69, 9.17) is 5.11 Å². The highest BCUT2D eigenvalue weighted by Gasteiger charge is 2.71. The Morgan fingerprint density at radius 3 is 2.06 bits per heavy atom. The molecule has 0 aromatic heterocycles. The van der Waals surface area contributed by atoms with Crippen molar-refractivity contribution in [2.24, 2.45) is 22.2 Å². The third-order valence-corrected chi connectivity index (χ3v) is 6.27. The number of hydrogen-bond acceptors (Lipinski definition) is 2. The molecule has 16 heavy (non-hydrogen) atoms. The Bertz CT molecular complexity index is 333. The van der Waals surface area contributed by atoms with E-state index < -0.39 is 12.1 Å². The Labute approximate surface area is 96.9 Å². The quantitative estimate of drug-likeness (QED) is 0.759. The highest BCUT2D eigenvalue weighted by atomic mass is 16.4. The predicted octanol–water partition coefficient (Wildman–Crippen LogP) is 2.28. The average Bonchev–Trinajstić information content (AvgIpc) is 2.40. The first-order valence-electron chi connectivity index (χ1n) is 6.07. The molecule has 2 saturated carbocycles. The first kappa shape index (κ1) is 11.9. The topological polar surface area (TPSA) is 57.5 Å². The Balaban J connectivity index is 2.42. The number of hydrogen-bond donors (Lipinski definition) is 2. The molecule has 0 radical (unpaired) electrons. The van der Waals surface area contributed by atoms with Crippen molar-refractivity contribution in [3.05, 3.63) is 0 Å². The van der Waals surface area contributed by atoms with Crippen molar-refractivity contribution in [3.8, 4) is 0 Å². The fourth-order valence-electron chi connectivity index (χ4n) is 4.28. The van der Waals surface area contributed by atoms with Crippen LogP contribution in [0.5, 0.6) is 0 Å². The molecule has 2 aliphatic carbocycles. The Kier molecular flexibility index (Phi) is 2.24. The highest BCUT2D eigenvalue weighted by molar-refractivity contribution is 5.67. The SMILES string of the molecule is CC12CCC(C)(C(CC(=O)O)C1O)C2(C)C. The molecule has 0 saturated heterocycles. The van der Waals surface area contributed by atoms with E-state index in [9.17, 15) is 9.90 Å². The summed E-state index contributed by atoms with van der Waals surface area (Å²) in [5.41, 5.74) is -0.152. The summed E-state index contributed by atoms with van der Waals surface area (Å²) in [6, 6.07) is 0. The molecule has 0 amide bonds. The van der Waals surface area contributed by atoms with Crippen molar-refractivity contribution in [3.63, 3.8) is 0 Å². The van der Waals surface area contributed by atoms with Crippen molar-refractivity contribution in [2.45, 2.75) is 53.1 Å². The number of carboxylic acid groups (broad SMARTS) is 1. The molecule has 0 spiro atoms. The minimum atomic E-state index is -0.794. The third-order valence-electron chi connectivity index (χ3n) is 6.27. The summed E-state index contributed by atoms with van der Waals surface area (Å²) in [5.74, 6) is -0.893.